The van der Waals surface area contributed by atoms with Gasteiger partial charge in [-0.2, -0.15) is 5.10 Å². The van der Waals surface area contributed by atoms with E-state index in [4.69, 9.17) is 0 Å². The van der Waals surface area contributed by atoms with E-state index in [1.807, 2.05) is 0 Å². The smallest absolute Gasteiger partial charge is 0.258 e. The molecule has 0 atom stereocenters. The second kappa shape index (κ2) is 3.69. The largest absolute Gasteiger partial charge is 0.307 e. The lowest BCUT2D eigenvalue weighted by molar-refractivity contribution is 0.102. The number of nitrogens with one attached hydrogen (secondary N) is 2. The second-order valence-corrected chi connectivity index (χ2v) is 2.67. The maximum Gasteiger partial charge on any atom is 0.258 e. The normalized spacial score (nSPS) is 9.71. The Bertz CT molecular complexity index is 410. The Balaban J connectivity index is 2.11. The van der Waals surface area contributed by atoms with Gasteiger partial charge in [0.15, 0.2) is 0 Å². The van der Waals surface area contributed by atoms with Gasteiger partial charge < -0.3 is 5.32 Å². The molecular formula is C9H8N4O. The van der Waals surface area contributed by atoms with Crippen LogP contribution in [0.15, 0.2) is 36.8 Å². The van der Waals surface area contributed by atoms with E-state index in [-0.39, 0.29) is 5.91 Å². The molecule has 0 aromatic carbocycles. The molecule has 2 N–H and O–H groups in total. The summed E-state index contributed by atoms with van der Waals surface area (Å²) in [5.41, 5.74) is 0.516. The first-order valence-corrected chi connectivity index (χ1v) is 4.07. The molecular weight excluding hydrogens is 180 g/mol. The first-order valence-electron chi connectivity index (χ1n) is 4.07. The molecule has 0 unspecified atom stereocenters. The van der Waals surface area contributed by atoms with E-state index in [0.717, 1.165) is 0 Å². The van der Waals surface area contributed by atoms with Gasteiger partial charge >= 0.3 is 0 Å². The zero-order valence-corrected chi connectivity index (χ0v) is 7.27. The summed E-state index contributed by atoms with van der Waals surface area (Å²) in [4.78, 5) is 15.4. The maximum absolute atomic E-state index is 11.5. The van der Waals surface area contributed by atoms with Crippen LogP contribution in [-0.4, -0.2) is 21.1 Å². The summed E-state index contributed by atoms with van der Waals surface area (Å²) in [7, 11) is 0. The van der Waals surface area contributed by atoms with Crippen molar-refractivity contribution < 1.29 is 4.79 Å². The number of aromatic amines is 1. The summed E-state index contributed by atoms with van der Waals surface area (Å²) in [6.07, 6.45) is 4.69. The van der Waals surface area contributed by atoms with Crippen LogP contribution in [0.4, 0.5) is 5.82 Å². The highest BCUT2D eigenvalue weighted by atomic mass is 16.1. The van der Waals surface area contributed by atoms with Gasteiger partial charge in [-0.1, -0.05) is 0 Å². The molecule has 2 heterocycles. The van der Waals surface area contributed by atoms with Gasteiger partial charge in [-0.15, -0.1) is 0 Å². The molecule has 0 saturated carbocycles. The van der Waals surface area contributed by atoms with Crippen molar-refractivity contribution in [3.63, 3.8) is 0 Å². The van der Waals surface area contributed by atoms with Crippen LogP contribution in [0.2, 0.25) is 0 Å². The molecule has 0 spiro atoms. The molecule has 0 aliphatic rings. The SMILES string of the molecule is O=C(Nc1ccn[nH]1)c1cccnc1. The highest BCUT2D eigenvalue weighted by Gasteiger charge is 2.05. The third kappa shape index (κ3) is 1.77. The molecule has 70 valence electrons. The minimum atomic E-state index is -0.206. The number of aromatic nitrogens is 3. The van der Waals surface area contributed by atoms with Crippen LogP contribution >= 0.6 is 0 Å². The lowest BCUT2D eigenvalue weighted by atomic mass is 10.3. The number of H-pyrrole nitrogens is 1. The topological polar surface area (TPSA) is 70.7 Å². The summed E-state index contributed by atoms with van der Waals surface area (Å²) in [6, 6.07) is 5.08. The average molecular weight is 188 g/mol. The molecule has 5 nitrogen and oxygen atoms in total. The lowest BCUT2D eigenvalue weighted by Crippen LogP contribution is -2.12. The zero-order chi connectivity index (χ0) is 9.80. The number of hydrogen-bond donors (Lipinski definition) is 2. The predicted octanol–water partition coefficient (Wildman–Crippen LogP) is 1.06. The maximum atomic E-state index is 11.5. The van der Waals surface area contributed by atoms with Crippen LogP contribution in [-0.2, 0) is 0 Å². The van der Waals surface area contributed by atoms with Crippen molar-refractivity contribution in [2.75, 3.05) is 5.32 Å². The quantitative estimate of drug-likeness (QED) is 0.740. The van der Waals surface area contributed by atoms with Crippen molar-refractivity contribution in [3.8, 4) is 0 Å². The van der Waals surface area contributed by atoms with Gasteiger partial charge in [-0.25, -0.2) is 0 Å². The van der Waals surface area contributed by atoms with E-state index in [1.165, 1.54) is 6.20 Å². The fourth-order valence-electron chi connectivity index (χ4n) is 1.02. The highest BCUT2D eigenvalue weighted by molar-refractivity contribution is 6.03. The van der Waals surface area contributed by atoms with Gasteiger partial charge in [0.25, 0.3) is 5.91 Å². The standard InChI is InChI=1S/C9H8N4O/c14-9(7-2-1-4-10-6-7)12-8-3-5-11-13-8/h1-6H,(H2,11,12,13,14). The summed E-state index contributed by atoms with van der Waals surface area (Å²) in [5, 5.41) is 8.99. The Labute approximate surface area is 80.2 Å². The summed E-state index contributed by atoms with van der Waals surface area (Å²) < 4.78 is 0. The minimum Gasteiger partial charge on any atom is -0.307 e. The summed E-state index contributed by atoms with van der Waals surface area (Å²) >= 11 is 0. The molecule has 0 saturated heterocycles. The molecule has 0 aliphatic carbocycles. The molecule has 0 aliphatic heterocycles. The fraction of sp³-hybridized carbons (Fsp3) is 0. The predicted molar refractivity (Wildman–Crippen MR) is 50.8 cm³/mol. The molecule has 0 fully saturated rings. The molecule has 14 heavy (non-hydrogen) atoms. The number of carbonyl (C=O) groups is 1. The third-order valence-electron chi connectivity index (χ3n) is 1.67. The van der Waals surface area contributed by atoms with Gasteiger partial charge in [-0.05, 0) is 12.1 Å². The van der Waals surface area contributed by atoms with Crippen molar-refractivity contribution in [2.45, 2.75) is 0 Å². The average Bonchev–Trinajstić information content (AvgIpc) is 2.72. The number of anilines is 1. The van der Waals surface area contributed by atoms with E-state index >= 15 is 0 Å². The van der Waals surface area contributed by atoms with Crippen molar-refractivity contribution in [1.29, 1.82) is 0 Å². The van der Waals surface area contributed by atoms with Crippen LogP contribution in [0.5, 0.6) is 0 Å². The van der Waals surface area contributed by atoms with E-state index in [9.17, 15) is 4.79 Å². The minimum absolute atomic E-state index is 0.206. The Morgan fingerprint density at radius 2 is 2.29 bits per heavy atom. The van der Waals surface area contributed by atoms with E-state index in [0.29, 0.717) is 11.4 Å². The zero-order valence-electron chi connectivity index (χ0n) is 7.27. The van der Waals surface area contributed by atoms with Crippen molar-refractivity contribution in [3.05, 3.63) is 42.4 Å². The van der Waals surface area contributed by atoms with Crippen LogP contribution in [0, 0.1) is 0 Å². The van der Waals surface area contributed by atoms with Crippen LogP contribution in [0.3, 0.4) is 0 Å². The molecule has 5 heteroatoms. The van der Waals surface area contributed by atoms with E-state index in [1.54, 1.807) is 30.6 Å². The first kappa shape index (κ1) is 8.43. The Morgan fingerprint density at radius 3 is 2.93 bits per heavy atom. The second-order valence-electron chi connectivity index (χ2n) is 2.67. The molecule has 2 aromatic rings. The third-order valence-corrected chi connectivity index (χ3v) is 1.67. The molecule has 2 rings (SSSR count). The van der Waals surface area contributed by atoms with Gasteiger partial charge in [0, 0.05) is 18.5 Å². The lowest BCUT2D eigenvalue weighted by Gasteiger charge is -2.00. The number of rotatable bonds is 2. The van der Waals surface area contributed by atoms with Gasteiger partial charge in [0.2, 0.25) is 0 Å². The molecule has 0 radical (unpaired) electrons. The van der Waals surface area contributed by atoms with Crippen LogP contribution in [0.25, 0.3) is 0 Å². The van der Waals surface area contributed by atoms with Gasteiger partial charge in [0.05, 0.1) is 11.8 Å². The van der Waals surface area contributed by atoms with E-state index < -0.39 is 0 Å². The number of nitrogens with zero attached hydrogens (tertiary/aromatic N) is 2. The number of hydrogen-bond acceptors (Lipinski definition) is 3. The van der Waals surface area contributed by atoms with Crippen molar-refractivity contribution in [1.82, 2.24) is 15.2 Å². The van der Waals surface area contributed by atoms with Gasteiger partial charge in [0.1, 0.15) is 5.82 Å². The van der Waals surface area contributed by atoms with E-state index in [2.05, 4.69) is 20.5 Å². The van der Waals surface area contributed by atoms with Gasteiger partial charge in [-0.3, -0.25) is 14.9 Å². The summed E-state index contributed by atoms with van der Waals surface area (Å²) in [6.45, 7) is 0. The Hall–Kier alpha value is -2.17. The fourth-order valence-corrected chi connectivity index (χ4v) is 1.02. The molecule has 1 amide bonds. The van der Waals surface area contributed by atoms with Crippen LogP contribution in [0.1, 0.15) is 10.4 Å². The molecule has 0 bridgehead atoms. The highest BCUT2D eigenvalue weighted by Crippen LogP contribution is 2.03. The summed E-state index contributed by atoms with van der Waals surface area (Å²) in [5.74, 6) is 0.362. The Kier molecular flexibility index (Phi) is 2.22. The first-order chi connectivity index (χ1) is 6.86. The number of amides is 1. The monoisotopic (exact) mass is 188 g/mol. The van der Waals surface area contributed by atoms with Crippen LogP contribution < -0.4 is 5.32 Å². The number of carbonyl (C=O) groups excluding carboxylic acids is 1. The molecule has 2 aromatic heterocycles. The van der Waals surface area contributed by atoms with Crippen molar-refractivity contribution >= 4 is 11.7 Å². The Morgan fingerprint density at radius 1 is 1.36 bits per heavy atom. The van der Waals surface area contributed by atoms with Crippen molar-refractivity contribution in [2.24, 2.45) is 0 Å². The number of pyridine rings is 1.